The number of aliphatic hydroxyl groups is 3. The monoisotopic (exact) mass is 796 g/mol. The first-order chi connectivity index (χ1) is 26.9. The van der Waals surface area contributed by atoms with Gasteiger partial charge in [0.2, 0.25) is 0 Å². The summed E-state index contributed by atoms with van der Waals surface area (Å²) in [6.07, 6.45) is 2.67. The summed E-state index contributed by atoms with van der Waals surface area (Å²) in [6.45, 7) is 16.7. The summed E-state index contributed by atoms with van der Waals surface area (Å²) >= 11 is 0. The highest BCUT2D eigenvalue weighted by Gasteiger charge is 2.51. The van der Waals surface area contributed by atoms with Crippen LogP contribution in [0.4, 0.5) is 0 Å². The highest BCUT2D eigenvalue weighted by molar-refractivity contribution is 6.03. The van der Waals surface area contributed by atoms with Crippen molar-refractivity contribution in [2.45, 2.75) is 142 Å². The molecule has 0 spiro atoms. The molecule has 13 atom stereocenters. The average Bonchev–Trinajstić information content (AvgIpc) is 3.18. The second-order valence-electron chi connectivity index (χ2n) is 17.2. The number of aromatic nitrogens is 1. The molecule has 1 aromatic heterocycles. The highest BCUT2D eigenvalue weighted by atomic mass is 16.7. The Morgan fingerprint density at radius 3 is 2.42 bits per heavy atom. The summed E-state index contributed by atoms with van der Waals surface area (Å²) in [7, 11) is 3.79. The van der Waals surface area contributed by atoms with Crippen LogP contribution >= 0.6 is 0 Å². The lowest BCUT2D eigenvalue weighted by molar-refractivity contribution is -0.296. The number of likely N-dealkylation sites (N-methyl/N-ethyl adjacent to an activating group) is 1. The molecule has 4 rings (SSSR count). The smallest absolute Gasteiger partial charge is 0.185 e. The zero-order chi connectivity index (χ0) is 42.2. The first-order valence-corrected chi connectivity index (χ1v) is 20.8. The van der Waals surface area contributed by atoms with Crippen LogP contribution in [0.5, 0.6) is 0 Å². The largest absolute Gasteiger partial charge is 0.396 e. The fourth-order valence-electron chi connectivity index (χ4n) is 8.79. The number of para-hydroxylation sites is 1. The fraction of sp³-hybridized carbons (Fsp3) is 0.689. The third kappa shape index (κ3) is 11.1. The van der Waals surface area contributed by atoms with Gasteiger partial charge in [0, 0.05) is 41.8 Å². The molecule has 1 aliphatic carbocycles. The average molecular weight is 796 g/mol. The van der Waals surface area contributed by atoms with Crippen LogP contribution < -0.4 is 0 Å². The number of Topliss-reactive ketones (excluding diaryl/α,β-unsaturated/α-hetero) is 2. The number of rotatable bonds is 11. The van der Waals surface area contributed by atoms with Crippen molar-refractivity contribution in [2.24, 2.45) is 34.7 Å². The van der Waals surface area contributed by atoms with E-state index < -0.39 is 65.4 Å². The number of hydrogen-bond donors (Lipinski definition) is 3. The summed E-state index contributed by atoms with van der Waals surface area (Å²) < 4.78 is 20.0. The van der Waals surface area contributed by atoms with Gasteiger partial charge in [0.1, 0.15) is 24.3 Å². The molecule has 1 saturated heterocycles. The molecule has 1 aliphatic heterocycles. The Kier molecular flexibility index (Phi) is 16.5. The van der Waals surface area contributed by atoms with Crippen LogP contribution in [0.1, 0.15) is 100.0 Å². The number of fused-ring (bicyclic) bond motifs is 1. The second-order valence-corrected chi connectivity index (χ2v) is 17.2. The minimum atomic E-state index is -1.68. The van der Waals surface area contributed by atoms with Gasteiger partial charge in [-0.1, -0.05) is 76.5 Å². The van der Waals surface area contributed by atoms with Gasteiger partial charge in [-0.3, -0.25) is 14.6 Å². The maximum Gasteiger partial charge on any atom is 0.185 e. The van der Waals surface area contributed by atoms with E-state index in [1.165, 1.54) is 0 Å². The maximum absolute atomic E-state index is 14.6. The van der Waals surface area contributed by atoms with E-state index in [4.69, 9.17) is 19.0 Å². The van der Waals surface area contributed by atoms with Crippen molar-refractivity contribution < 1.29 is 44.0 Å². The van der Waals surface area contributed by atoms with Crippen molar-refractivity contribution >= 4 is 34.3 Å². The molecule has 3 N–H and O–H groups in total. The first kappa shape index (κ1) is 46.6. The molecule has 12 heteroatoms. The molecule has 2 aromatic rings. The number of benzene rings is 1. The van der Waals surface area contributed by atoms with E-state index in [0.717, 1.165) is 16.5 Å². The Labute approximate surface area is 340 Å². The van der Waals surface area contributed by atoms with E-state index >= 15 is 0 Å². The van der Waals surface area contributed by atoms with Gasteiger partial charge < -0.3 is 39.3 Å². The number of hydrogen-bond acceptors (Lipinski definition) is 12. The number of pyridine rings is 1. The van der Waals surface area contributed by atoms with E-state index in [2.05, 4.69) is 10.1 Å². The van der Waals surface area contributed by atoms with Crippen molar-refractivity contribution in [3.8, 4) is 0 Å². The van der Waals surface area contributed by atoms with Gasteiger partial charge in [-0.25, -0.2) is 0 Å². The summed E-state index contributed by atoms with van der Waals surface area (Å²) in [6, 6.07) is 9.65. The van der Waals surface area contributed by atoms with E-state index in [-0.39, 0.29) is 43.2 Å². The van der Waals surface area contributed by atoms with Crippen molar-refractivity contribution in [2.75, 3.05) is 27.3 Å². The van der Waals surface area contributed by atoms with Crippen LogP contribution in [-0.4, -0.2) is 118 Å². The van der Waals surface area contributed by atoms with Gasteiger partial charge in [-0.2, -0.15) is 0 Å². The number of carbonyl (C=O) groups excluding carboxylic acids is 2. The molecular weight excluding hydrogens is 727 g/mol. The van der Waals surface area contributed by atoms with Crippen molar-refractivity contribution in [1.29, 1.82) is 0 Å². The second kappa shape index (κ2) is 20.2. The maximum atomic E-state index is 14.6. The molecule has 2 fully saturated rings. The minimum Gasteiger partial charge on any atom is -0.396 e. The summed E-state index contributed by atoms with van der Waals surface area (Å²) in [5.41, 5.74) is -0.674. The molecule has 12 nitrogen and oxygen atoms in total. The zero-order valence-corrected chi connectivity index (χ0v) is 36.1. The van der Waals surface area contributed by atoms with Gasteiger partial charge in [-0.15, -0.1) is 0 Å². The van der Waals surface area contributed by atoms with E-state index in [1.54, 1.807) is 33.9 Å². The normalized spacial score (nSPS) is 37.2. The lowest BCUT2D eigenvalue weighted by atomic mass is 9.70. The Morgan fingerprint density at radius 1 is 1.05 bits per heavy atom. The molecule has 0 bridgehead atoms. The topological polar surface area (TPSA) is 160 Å². The third-order valence-electron chi connectivity index (χ3n) is 12.4. The molecule has 2 heterocycles. The molecule has 1 saturated carbocycles. The summed E-state index contributed by atoms with van der Waals surface area (Å²) in [5.74, 6) is -4.39. The Balaban J connectivity index is 1.85. The lowest BCUT2D eigenvalue weighted by Gasteiger charge is -2.47. The van der Waals surface area contributed by atoms with Crippen LogP contribution in [0, 0.1) is 29.6 Å². The van der Waals surface area contributed by atoms with Crippen LogP contribution in [-0.2, 0) is 28.6 Å². The predicted octanol–water partition coefficient (Wildman–Crippen LogP) is 6.23. The van der Waals surface area contributed by atoms with E-state index in [9.17, 15) is 24.9 Å². The molecule has 0 radical (unpaired) electrons. The SMILES string of the molecule is CCCO/N=C1\[C@H](C)C[C@](C)(OC/C=C/c2cnc3ccccc3c2)[C@H](O[C@@H]2O[C@H](C)C[C@H](N(C)C)[C@H]2O)[C@@H](C)C(=O)[C@@H](C)C(=O)C[C@H](CC)[C@@](C)(O)[C@H](O)[C@H]1C. The van der Waals surface area contributed by atoms with Crippen LogP contribution in [0.15, 0.2) is 47.8 Å². The van der Waals surface area contributed by atoms with Gasteiger partial charge in [-0.05, 0) is 84.7 Å². The van der Waals surface area contributed by atoms with E-state index in [0.29, 0.717) is 31.6 Å². The Bertz CT molecular complexity index is 1700. The van der Waals surface area contributed by atoms with Gasteiger partial charge >= 0.3 is 0 Å². The van der Waals surface area contributed by atoms with Crippen LogP contribution in [0.3, 0.4) is 0 Å². The lowest BCUT2D eigenvalue weighted by Crippen LogP contribution is -2.59. The summed E-state index contributed by atoms with van der Waals surface area (Å²) in [5, 5.41) is 41.1. The molecule has 0 unspecified atom stereocenters. The first-order valence-electron chi connectivity index (χ1n) is 20.8. The number of ether oxygens (including phenoxy) is 3. The molecule has 0 amide bonds. The van der Waals surface area contributed by atoms with E-state index in [1.807, 2.05) is 96.1 Å². The number of carbonyl (C=O) groups is 2. The summed E-state index contributed by atoms with van der Waals surface area (Å²) in [4.78, 5) is 40.8. The number of aliphatic hydroxyl groups excluding tert-OH is 2. The zero-order valence-electron chi connectivity index (χ0n) is 36.1. The molecular formula is C45H69N3O9. The van der Waals surface area contributed by atoms with Crippen molar-refractivity contribution in [3.05, 3.63) is 48.2 Å². The molecule has 57 heavy (non-hydrogen) atoms. The minimum absolute atomic E-state index is 0.110. The third-order valence-corrected chi connectivity index (χ3v) is 12.4. The molecule has 2 aliphatic rings. The van der Waals surface area contributed by atoms with Gasteiger partial charge in [0.25, 0.3) is 0 Å². The van der Waals surface area contributed by atoms with Gasteiger partial charge in [0.05, 0.1) is 53.3 Å². The van der Waals surface area contributed by atoms with Crippen molar-refractivity contribution in [1.82, 2.24) is 9.88 Å². The van der Waals surface area contributed by atoms with Gasteiger partial charge in [0.15, 0.2) is 6.29 Å². The standard InChI is InChI=1S/C45H69N3O9/c1-12-20-55-47-38-27(3)25-44(8,54-21-16-17-32-23-33-18-14-15-19-35(33)46-26-32)42(57-43-40(51)36(48(10)11)22-28(4)56-43)31(7)39(50)29(5)37(49)24-34(13-2)45(9,53)41(52)30(38)6/h14-19,23,26-31,34,36,40-43,51-53H,12-13,20-22,24-25H2,1-11H3/b17-16+,47-38+/t27-,28-,29+,30+,31+,34+,36+,40-,41-,42-,43+,44+,45-/m1/s1. The van der Waals surface area contributed by atoms with Crippen LogP contribution in [0.25, 0.3) is 17.0 Å². The number of nitrogens with zero attached hydrogens (tertiary/aromatic N) is 3. The Morgan fingerprint density at radius 2 is 1.75 bits per heavy atom. The molecule has 318 valence electrons. The predicted molar refractivity (Wildman–Crippen MR) is 222 cm³/mol. The number of ketones is 2. The quantitative estimate of drug-likeness (QED) is 0.134. The molecule has 1 aromatic carbocycles. The van der Waals surface area contributed by atoms with Crippen molar-refractivity contribution in [3.63, 3.8) is 0 Å². The number of oxime groups is 1. The highest BCUT2D eigenvalue weighted by Crippen LogP contribution is 2.40. The Hall–Kier alpha value is -3.10. The fourth-order valence-corrected chi connectivity index (χ4v) is 8.79. The van der Waals surface area contributed by atoms with Crippen LogP contribution in [0.2, 0.25) is 0 Å².